The Balaban J connectivity index is 2.09. The molecule has 0 aliphatic carbocycles. The average molecular weight is 283 g/mol. The molecule has 0 fully saturated rings. The second-order valence-corrected chi connectivity index (χ2v) is 4.41. The summed E-state index contributed by atoms with van der Waals surface area (Å²) in [4.78, 5) is 11.9. The van der Waals surface area contributed by atoms with Crippen LogP contribution in [0, 0.1) is 5.82 Å². The van der Waals surface area contributed by atoms with Gasteiger partial charge in [0.05, 0.1) is 17.8 Å². The maximum Gasteiger partial charge on any atom is 0.189 e. The number of nitrogens with zero attached hydrogens (tertiary/aromatic N) is 3. The maximum atomic E-state index is 13.0. The monoisotopic (exact) mass is 282 g/mol. The minimum absolute atomic E-state index is 0.00270. The molecule has 0 radical (unpaired) electrons. The Labute approximate surface area is 114 Å². The van der Waals surface area contributed by atoms with Crippen LogP contribution in [0.2, 0.25) is 5.02 Å². The average Bonchev–Trinajstić information content (AvgIpc) is 2.83. The van der Waals surface area contributed by atoms with Gasteiger partial charge in [0, 0.05) is 13.0 Å². The first-order chi connectivity index (χ1) is 9.10. The summed E-state index contributed by atoms with van der Waals surface area (Å²) in [6.45, 7) is 0.924. The molecule has 2 rings (SSSR count). The molecule has 0 amide bonds. The molecule has 0 unspecified atom stereocenters. The van der Waals surface area contributed by atoms with Gasteiger partial charge in [-0.25, -0.2) is 4.39 Å². The second-order valence-electron chi connectivity index (χ2n) is 4.00. The summed E-state index contributed by atoms with van der Waals surface area (Å²) in [6, 6.07) is 4.18. The normalized spacial score (nSPS) is 10.7. The molecule has 0 atom stereocenters. The number of rotatable bonds is 5. The minimum atomic E-state index is -0.508. The van der Waals surface area contributed by atoms with E-state index < -0.39 is 5.82 Å². The molecular formula is C12H12ClFN4O. The van der Waals surface area contributed by atoms with Crippen LogP contribution in [0.3, 0.4) is 0 Å². The highest BCUT2D eigenvalue weighted by Crippen LogP contribution is 2.17. The summed E-state index contributed by atoms with van der Waals surface area (Å²) in [5.41, 5.74) is 6.26. The number of ketones is 1. The lowest BCUT2D eigenvalue weighted by atomic mass is 10.1. The van der Waals surface area contributed by atoms with Crippen LogP contribution < -0.4 is 5.73 Å². The van der Waals surface area contributed by atoms with E-state index in [1.807, 2.05) is 0 Å². The molecule has 19 heavy (non-hydrogen) atoms. The van der Waals surface area contributed by atoms with Gasteiger partial charge in [-0.15, -0.1) is 5.10 Å². The topological polar surface area (TPSA) is 73.8 Å². The van der Waals surface area contributed by atoms with Gasteiger partial charge in [-0.05, 0) is 17.7 Å². The van der Waals surface area contributed by atoms with Gasteiger partial charge >= 0.3 is 0 Å². The predicted octanol–water partition coefficient (Wildman–Crippen LogP) is 1.45. The van der Waals surface area contributed by atoms with Crippen LogP contribution in [-0.4, -0.2) is 27.3 Å². The first-order valence-corrected chi connectivity index (χ1v) is 6.05. The van der Waals surface area contributed by atoms with Crippen molar-refractivity contribution in [3.8, 4) is 0 Å². The number of hydrogen-bond donors (Lipinski definition) is 1. The number of carbonyl (C=O) groups is 1. The molecule has 7 heteroatoms. The van der Waals surface area contributed by atoms with Crippen molar-refractivity contribution in [3.63, 3.8) is 0 Å². The first-order valence-electron chi connectivity index (χ1n) is 5.67. The van der Waals surface area contributed by atoms with Gasteiger partial charge in [-0.1, -0.05) is 22.9 Å². The predicted molar refractivity (Wildman–Crippen MR) is 68.5 cm³/mol. The number of aromatic nitrogens is 3. The van der Waals surface area contributed by atoms with E-state index in [1.54, 1.807) is 6.20 Å². The maximum absolute atomic E-state index is 13.0. The Hall–Kier alpha value is -1.79. The zero-order chi connectivity index (χ0) is 13.8. The van der Waals surface area contributed by atoms with Crippen LogP contribution in [0.4, 0.5) is 4.39 Å². The van der Waals surface area contributed by atoms with E-state index in [9.17, 15) is 9.18 Å². The Morgan fingerprint density at radius 1 is 1.47 bits per heavy atom. The Kier molecular flexibility index (Phi) is 4.24. The highest BCUT2D eigenvalue weighted by Gasteiger charge is 2.12. The number of hydrogen-bond acceptors (Lipinski definition) is 4. The molecule has 0 spiro atoms. The molecule has 2 N–H and O–H groups in total. The van der Waals surface area contributed by atoms with E-state index in [0.29, 0.717) is 18.7 Å². The second kappa shape index (κ2) is 5.90. The molecule has 0 aliphatic rings. The van der Waals surface area contributed by atoms with Crippen molar-refractivity contribution in [1.82, 2.24) is 15.0 Å². The van der Waals surface area contributed by atoms with Crippen LogP contribution in [0.15, 0.2) is 24.4 Å². The Morgan fingerprint density at radius 2 is 2.26 bits per heavy atom. The van der Waals surface area contributed by atoms with Crippen LogP contribution in [0.5, 0.6) is 0 Å². The van der Waals surface area contributed by atoms with Gasteiger partial charge < -0.3 is 5.73 Å². The lowest BCUT2D eigenvalue weighted by Gasteiger charge is -2.00. The SMILES string of the molecule is NCCn1cc(C(=O)Cc2ccc(F)c(Cl)c2)nn1. The van der Waals surface area contributed by atoms with Gasteiger partial charge in [0.15, 0.2) is 5.78 Å². The van der Waals surface area contributed by atoms with Gasteiger partial charge in [0.2, 0.25) is 0 Å². The molecule has 100 valence electrons. The van der Waals surface area contributed by atoms with E-state index in [2.05, 4.69) is 10.3 Å². The smallest absolute Gasteiger partial charge is 0.189 e. The van der Waals surface area contributed by atoms with Crippen molar-refractivity contribution in [3.05, 3.63) is 46.5 Å². The quantitative estimate of drug-likeness (QED) is 0.843. The number of benzene rings is 1. The van der Waals surface area contributed by atoms with Crippen LogP contribution in [0.25, 0.3) is 0 Å². The summed E-state index contributed by atoms with van der Waals surface area (Å²) in [7, 11) is 0. The van der Waals surface area contributed by atoms with E-state index in [0.717, 1.165) is 0 Å². The molecular weight excluding hydrogens is 271 g/mol. The first kappa shape index (κ1) is 13.6. The van der Waals surface area contributed by atoms with Crippen LogP contribution in [0.1, 0.15) is 16.1 Å². The summed E-state index contributed by atoms with van der Waals surface area (Å²) >= 11 is 5.66. The van der Waals surface area contributed by atoms with Crippen molar-refractivity contribution < 1.29 is 9.18 Å². The zero-order valence-corrected chi connectivity index (χ0v) is 10.8. The zero-order valence-electron chi connectivity index (χ0n) is 10.0. The highest BCUT2D eigenvalue weighted by molar-refractivity contribution is 6.30. The van der Waals surface area contributed by atoms with E-state index >= 15 is 0 Å². The third kappa shape index (κ3) is 3.36. The van der Waals surface area contributed by atoms with Crippen LogP contribution in [-0.2, 0) is 13.0 Å². The largest absolute Gasteiger partial charge is 0.329 e. The van der Waals surface area contributed by atoms with E-state index in [-0.39, 0.29) is 22.9 Å². The Morgan fingerprint density at radius 3 is 2.95 bits per heavy atom. The summed E-state index contributed by atoms with van der Waals surface area (Å²) in [6.07, 6.45) is 1.64. The lowest BCUT2D eigenvalue weighted by molar-refractivity contribution is 0.0988. The summed E-state index contributed by atoms with van der Waals surface area (Å²) in [5.74, 6) is -0.710. The number of halogens is 2. The molecule has 0 saturated heterocycles. The van der Waals surface area contributed by atoms with Gasteiger partial charge in [0.1, 0.15) is 11.5 Å². The molecule has 1 heterocycles. The summed E-state index contributed by atoms with van der Waals surface area (Å²) in [5, 5.41) is 7.55. The van der Waals surface area contributed by atoms with E-state index in [1.165, 1.54) is 22.9 Å². The molecule has 1 aromatic carbocycles. The Bertz CT molecular complexity index is 599. The lowest BCUT2D eigenvalue weighted by Crippen LogP contribution is -2.10. The minimum Gasteiger partial charge on any atom is -0.329 e. The van der Waals surface area contributed by atoms with Gasteiger partial charge in [-0.2, -0.15) is 0 Å². The fourth-order valence-corrected chi connectivity index (χ4v) is 1.80. The fraction of sp³-hybridized carbons (Fsp3) is 0.250. The number of nitrogens with two attached hydrogens (primary N) is 1. The standard InChI is InChI=1S/C12H12ClFN4O/c13-9-5-8(1-2-10(9)14)6-12(19)11-7-18(4-3-15)17-16-11/h1-2,5,7H,3-4,6,15H2. The molecule has 0 aliphatic heterocycles. The van der Waals surface area contributed by atoms with E-state index in [4.69, 9.17) is 17.3 Å². The molecule has 5 nitrogen and oxygen atoms in total. The number of carbonyl (C=O) groups excluding carboxylic acids is 1. The van der Waals surface area contributed by atoms with Crippen molar-refractivity contribution in [2.75, 3.05) is 6.54 Å². The number of Topliss-reactive ketones (excluding diaryl/α,β-unsaturated/α-hetero) is 1. The van der Waals surface area contributed by atoms with Crippen molar-refractivity contribution >= 4 is 17.4 Å². The highest BCUT2D eigenvalue weighted by atomic mass is 35.5. The van der Waals surface area contributed by atoms with Gasteiger partial charge in [-0.3, -0.25) is 9.48 Å². The molecule has 2 aromatic rings. The molecule has 0 bridgehead atoms. The van der Waals surface area contributed by atoms with Crippen LogP contribution >= 0.6 is 11.6 Å². The molecule has 1 aromatic heterocycles. The fourth-order valence-electron chi connectivity index (χ4n) is 1.59. The van der Waals surface area contributed by atoms with Crippen molar-refractivity contribution in [1.29, 1.82) is 0 Å². The van der Waals surface area contributed by atoms with Crippen molar-refractivity contribution in [2.45, 2.75) is 13.0 Å². The van der Waals surface area contributed by atoms with Crippen molar-refractivity contribution in [2.24, 2.45) is 5.73 Å². The summed E-state index contributed by atoms with van der Waals surface area (Å²) < 4.78 is 14.5. The van der Waals surface area contributed by atoms with Gasteiger partial charge in [0.25, 0.3) is 0 Å². The third-order valence-corrected chi connectivity index (χ3v) is 2.82. The molecule has 0 saturated carbocycles. The third-order valence-electron chi connectivity index (χ3n) is 2.53.